The summed E-state index contributed by atoms with van der Waals surface area (Å²) in [6.45, 7) is 10.4. The van der Waals surface area contributed by atoms with Crippen molar-refractivity contribution in [1.29, 1.82) is 0 Å². The van der Waals surface area contributed by atoms with E-state index in [9.17, 15) is 0 Å². The number of benzene rings is 1. The molecule has 0 spiro atoms. The zero-order valence-electron chi connectivity index (χ0n) is 18.9. The first-order chi connectivity index (χ1) is 14.6. The Morgan fingerprint density at radius 3 is 2.45 bits per heavy atom. The van der Waals surface area contributed by atoms with Crippen molar-refractivity contribution < 1.29 is 4.74 Å². The lowest BCUT2D eigenvalue weighted by molar-refractivity contribution is -0.00545. The zero-order chi connectivity index (χ0) is 21.2. The van der Waals surface area contributed by atoms with Crippen LogP contribution in [0.2, 0.25) is 0 Å². The van der Waals surface area contributed by atoms with E-state index in [0.717, 1.165) is 56.4 Å². The number of anilines is 1. The number of nitrogens with zero attached hydrogens (tertiary/aromatic N) is 3. The number of ether oxygens (including phenoxy) is 1. The van der Waals surface area contributed by atoms with Crippen LogP contribution in [0.5, 0.6) is 0 Å². The fraction of sp³-hybridized carbons (Fsp3) is 0.500. The van der Waals surface area contributed by atoms with Gasteiger partial charge in [0, 0.05) is 32.4 Å². The van der Waals surface area contributed by atoms with Crippen molar-refractivity contribution in [1.82, 2.24) is 15.6 Å². The summed E-state index contributed by atoms with van der Waals surface area (Å²) in [5.41, 5.74) is 2.48. The molecule has 0 bridgehead atoms. The molecule has 0 aliphatic carbocycles. The van der Waals surface area contributed by atoms with Crippen molar-refractivity contribution in [3.63, 3.8) is 0 Å². The molecule has 170 valence electrons. The molecule has 2 unspecified atom stereocenters. The van der Waals surface area contributed by atoms with Gasteiger partial charge in [-0.15, -0.1) is 24.0 Å². The Balaban J connectivity index is 0.00000341. The fourth-order valence-electron chi connectivity index (χ4n) is 3.72. The number of halogens is 1. The van der Waals surface area contributed by atoms with Gasteiger partial charge >= 0.3 is 0 Å². The lowest BCUT2D eigenvalue weighted by Gasteiger charge is -2.36. The van der Waals surface area contributed by atoms with Crippen molar-refractivity contribution in [2.75, 3.05) is 31.1 Å². The summed E-state index contributed by atoms with van der Waals surface area (Å²) in [4.78, 5) is 11.7. The minimum Gasteiger partial charge on any atom is -0.372 e. The van der Waals surface area contributed by atoms with E-state index in [0.29, 0.717) is 6.54 Å². The summed E-state index contributed by atoms with van der Waals surface area (Å²) in [6.07, 6.45) is 4.53. The number of hydrogen-bond acceptors (Lipinski definition) is 4. The highest BCUT2D eigenvalue weighted by Gasteiger charge is 2.22. The van der Waals surface area contributed by atoms with Crippen LogP contribution in [0.4, 0.5) is 5.82 Å². The maximum Gasteiger partial charge on any atom is 0.191 e. The molecule has 0 radical (unpaired) electrons. The van der Waals surface area contributed by atoms with Crippen molar-refractivity contribution in [2.45, 2.75) is 52.4 Å². The number of aromatic nitrogens is 1. The molecule has 2 N–H and O–H groups in total. The van der Waals surface area contributed by atoms with Crippen LogP contribution >= 0.6 is 24.0 Å². The summed E-state index contributed by atoms with van der Waals surface area (Å²) in [7, 11) is 0. The van der Waals surface area contributed by atoms with Gasteiger partial charge in [0.1, 0.15) is 5.82 Å². The van der Waals surface area contributed by atoms with Crippen molar-refractivity contribution in [3.8, 4) is 0 Å². The standard InChI is InChI=1S/C24H35N5O.HI/c1-4-25-24(26-14-8-11-21-9-6-5-7-10-21)28-16-22-12-13-23(27-15-22)29-17-19(2)30-20(3)18-29;/h5-7,9-10,12-13,15,19-20H,4,8,11,14,16-18H2,1-3H3,(H2,25,26,28);1H. The minimum atomic E-state index is 0. The van der Waals surface area contributed by atoms with Crippen LogP contribution in [0.25, 0.3) is 0 Å². The maximum atomic E-state index is 5.81. The van der Waals surface area contributed by atoms with Crippen LogP contribution in [0.3, 0.4) is 0 Å². The predicted octanol–water partition coefficient (Wildman–Crippen LogP) is 4.00. The average molecular weight is 537 g/mol. The monoisotopic (exact) mass is 537 g/mol. The molecule has 2 aromatic rings. The van der Waals surface area contributed by atoms with Gasteiger partial charge in [0.25, 0.3) is 0 Å². The molecule has 2 heterocycles. The Hall–Kier alpha value is -1.87. The molecule has 1 aromatic heterocycles. The third-order valence-corrected chi connectivity index (χ3v) is 5.09. The van der Waals surface area contributed by atoms with Gasteiger partial charge in [0.15, 0.2) is 5.96 Å². The number of hydrogen-bond donors (Lipinski definition) is 2. The van der Waals surface area contributed by atoms with Crippen molar-refractivity contribution >= 4 is 35.8 Å². The Morgan fingerprint density at radius 2 is 1.81 bits per heavy atom. The number of rotatable bonds is 8. The highest BCUT2D eigenvalue weighted by Crippen LogP contribution is 2.18. The van der Waals surface area contributed by atoms with E-state index in [2.05, 4.69) is 83.8 Å². The van der Waals surface area contributed by atoms with Crippen molar-refractivity contribution in [2.24, 2.45) is 4.99 Å². The lowest BCUT2D eigenvalue weighted by atomic mass is 10.1. The van der Waals surface area contributed by atoms with Gasteiger partial charge in [0.05, 0.1) is 18.8 Å². The molecule has 1 aromatic carbocycles. The van der Waals surface area contributed by atoms with Crippen LogP contribution in [0.1, 0.15) is 38.3 Å². The van der Waals surface area contributed by atoms with Crippen LogP contribution in [0.15, 0.2) is 53.7 Å². The number of guanidine groups is 1. The van der Waals surface area contributed by atoms with Gasteiger partial charge in [-0.3, -0.25) is 0 Å². The average Bonchev–Trinajstić information content (AvgIpc) is 2.75. The quantitative estimate of drug-likeness (QED) is 0.231. The molecule has 6 nitrogen and oxygen atoms in total. The van der Waals surface area contributed by atoms with Gasteiger partial charge < -0.3 is 20.3 Å². The second-order valence-electron chi connectivity index (χ2n) is 7.90. The number of nitrogens with one attached hydrogen (secondary N) is 2. The molecule has 0 saturated carbocycles. The zero-order valence-corrected chi connectivity index (χ0v) is 21.2. The molecule has 0 amide bonds. The third-order valence-electron chi connectivity index (χ3n) is 5.09. The first-order valence-electron chi connectivity index (χ1n) is 11.1. The smallest absolute Gasteiger partial charge is 0.191 e. The van der Waals surface area contributed by atoms with Gasteiger partial charge in [-0.25, -0.2) is 9.98 Å². The first-order valence-corrected chi connectivity index (χ1v) is 11.1. The Labute approximate surface area is 203 Å². The van der Waals surface area contributed by atoms with E-state index in [1.807, 2.05) is 6.20 Å². The van der Waals surface area contributed by atoms with Gasteiger partial charge in [-0.2, -0.15) is 0 Å². The summed E-state index contributed by atoms with van der Waals surface area (Å²) >= 11 is 0. The van der Waals surface area contributed by atoms with Crippen LogP contribution < -0.4 is 15.5 Å². The number of pyridine rings is 1. The Morgan fingerprint density at radius 1 is 1.06 bits per heavy atom. The molecule has 3 rings (SSSR count). The fourth-order valence-corrected chi connectivity index (χ4v) is 3.72. The van der Waals surface area contributed by atoms with Crippen LogP contribution in [-0.2, 0) is 17.7 Å². The molecular weight excluding hydrogens is 501 g/mol. The summed E-state index contributed by atoms with van der Waals surface area (Å²) in [5, 5.41) is 6.75. The van der Waals surface area contributed by atoms with E-state index >= 15 is 0 Å². The minimum absolute atomic E-state index is 0. The molecule has 1 aliphatic heterocycles. The van der Waals surface area contributed by atoms with E-state index in [4.69, 9.17) is 9.73 Å². The highest BCUT2D eigenvalue weighted by molar-refractivity contribution is 14.0. The van der Waals surface area contributed by atoms with E-state index in [1.165, 1.54) is 5.56 Å². The maximum absolute atomic E-state index is 5.81. The van der Waals surface area contributed by atoms with E-state index in [1.54, 1.807) is 0 Å². The summed E-state index contributed by atoms with van der Waals surface area (Å²) in [5.74, 6) is 1.86. The van der Waals surface area contributed by atoms with Gasteiger partial charge in [-0.05, 0) is 50.8 Å². The molecule has 31 heavy (non-hydrogen) atoms. The van der Waals surface area contributed by atoms with Crippen LogP contribution in [0, 0.1) is 0 Å². The van der Waals surface area contributed by atoms with Crippen LogP contribution in [-0.4, -0.2) is 49.3 Å². The number of aryl methyl sites for hydroxylation is 1. The Kier molecular flexibility index (Phi) is 11.1. The summed E-state index contributed by atoms with van der Waals surface area (Å²) in [6, 6.07) is 14.8. The first kappa shape index (κ1) is 25.4. The Bertz CT molecular complexity index is 774. The summed E-state index contributed by atoms with van der Waals surface area (Å²) < 4.78 is 5.81. The number of morpholine rings is 1. The third kappa shape index (κ3) is 8.65. The van der Waals surface area contributed by atoms with E-state index in [-0.39, 0.29) is 36.2 Å². The molecule has 1 saturated heterocycles. The topological polar surface area (TPSA) is 61.8 Å². The molecule has 1 fully saturated rings. The SMILES string of the molecule is CCNC(=NCc1ccc(N2CC(C)OC(C)C2)nc1)NCCCc1ccccc1.I. The largest absolute Gasteiger partial charge is 0.372 e. The van der Waals surface area contributed by atoms with Gasteiger partial charge in [-0.1, -0.05) is 36.4 Å². The normalized spacial score (nSPS) is 18.9. The highest BCUT2D eigenvalue weighted by atomic mass is 127. The second-order valence-corrected chi connectivity index (χ2v) is 7.90. The van der Waals surface area contributed by atoms with E-state index < -0.39 is 0 Å². The number of aliphatic imine (C=N–C) groups is 1. The predicted molar refractivity (Wildman–Crippen MR) is 139 cm³/mol. The molecule has 7 heteroatoms. The lowest BCUT2D eigenvalue weighted by Crippen LogP contribution is -2.45. The molecule has 2 atom stereocenters. The van der Waals surface area contributed by atoms with Gasteiger partial charge in [0.2, 0.25) is 0 Å². The second kappa shape index (κ2) is 13.5. The molecular formula is C24H36IN5O. The van der Waals surface area contributed by atoms with Crippen molar-refractivity contribution in [3.05, 3.63) is 59.8 Å². The molecule has 1 aliphatic rings.